The number of nitrogens with zero attached hydrogens (tertiary/aromatic N) is 3. The summed E-state index contributed by atoms with van der Waals surface area (Å²) in [5.41, 5.74) is 5.65. The molecule has 0 atom stereocenters. The normalized spacial score (nSPS) is 10.9. The van der Waals surface area contributed by atoms with E-state index in [1.54, 1.807) is 24.4 Å². The van der Waals surface area contributed by atoms with E-state index in [1.165, 1.54) is 15.4 Å². The average Bonchev–Trinajstić information content (AvgIpc) is 2.37. The zero-order chi connectivity index (χ0) is 15.4. The van der Waals surface area contributed by atoms with Gasteiger partial charge in [-0.2, -0.15) is 0 Å². The molecule has 0 aliphatic rings. The maximum Gasteiger partial charge on any atom is 0.317 e. The van der Waals surface area contributed by atoms with Gasteiger partial charge in [-0.25, -0.2) is 4.98 Å². The van der Waals surface area contributed by atoms with Gasteiger partial charge in [-0.05, 0) is 12.1 Å². The molecule has 0 spiro atoms. The maximum absolute atomic E-state index is 11.9. The van der Waals surface area contributed by atoms with Gasteiger partial charge in [-0.1, -0.05) is 6.07 Å². The van der Waals surface area contributed by atoms with Crippen LogP contribution in [0, 0.1) is 0 Å². The number of pyridine rings is 1. The number of fused-ring (bicyclic) bond motifs is 1. The molecule has 0 saturated carbocycles. The van der Waals surface area contributed by atoms with Gasteiger partial charge in [-0.3, -0.25) is 23.7 Å². The van der Waals surface area contributed by atoms with E-state index in [1.807, 2.05) is 0 Å². The van der Waals surface area contributed by atoms with Crippen LogP contribution in [-0.2, 0) is 16.1 Å². The van der Waals surface area contributed by atoms with Crippen molar-refractivity contribution in [2.45, 2.75) is 6.54 Å². The summed E-state index contributed by atoms with van der Waals surface area (Å²) < 4.78 is 1.37. The van der Waals surface area contributed by atoms with Gasteiger partial charge in [0.1, 0.15) is 5.65 Å². The van der Waals surface area contributed by atoms with Gasteiger partial charge in [0, 0.05) is 18.8 Å². The molecule has 0 aliphatic carbocycles. The van der Waals surface area contributed by atoms with Gasteiger partial charge in [-0.15, -0.1) is 0 Å². The van der Waals surface area contributed by atoms with E-state index in [0.29, 0.717) is 11.3 Å². The van der Waals surface area contributed by atoms with Crippen molar-refractivity contribution in [3.05, 3.63) is 46.5 Å². The fraction of sp³-hybridized carbons (Fsp3) is 0.231. The SMILES string of the molecule is NC(=O)CN(CC(=O)O)Cc1cc(=O)n2ccccc2n1. The van der Waals surface area contributed by atoms with Crippen LogP contribution in [0.4, 0.5) is 0 Å². The van der Waals surface area contributed by atoms with Crippen molar-refractivity contribution in [2.75, 3.05) is 13.1 Å². The smallest absolute Gasteiger partial charge is 0.317 e. The number of rotatable bonds is 6. The molecule has 21 heavy (non-hydrogen) atoms. The predicted octanol–water partition coefficient (Wildman–Crippen LogP) is -0.934. The lowest BCUT2D eigenvalue weighted by Crippen LogP contribution is -2.37. The van der Waals surface area contributed by atoms with Crippen molar-refractivity contribution in [2.24, 2.45) is 5.73 Å². The number of carboxylic acids is 1. The molecule has 0 unspecified atom stereocenters. The van der Waals surface area contributed by atoms with Gasteiger partial charge in [0.2, 0.25) is 5.91 Å². The van der Waals surface area contributed by atoms with E-state index >= 15 is 0 Å². The monoisotopic (exact) mass is 290 g/mol. The summed E-state index contributed by atoms with van der Waals surface area (Å²) >= 11 is 0. The Balaban J connectivity index is 2.29. The molecule has 3 N–H and O–H groups in total. The van der Waals surface area contributed by atoms with Crippen LogP contribution >= 0.6 is 0 Å². The van der Waals surface area contributed by atoms with E-state index in [0.717, 1.165) is 0 Å². The number of carbonyl (C=O) groups excluding carboxylic acids is 1. The minimum atomic E-state index is -1.09. The summed E-state index contributed by atoms with van der Waals surface area (Å²) in [7, 11) is 0. The largest absolute Gasteiger partial charge is 0.480 e. The number of primary amides is 1. The highest BCUT2D eigenvalue weighted by atomic mass is 16.4. The zero-order valence-electron chi connectivity index (χ0n) is 11.1. The topological polar surface area (TPSA) is 118 Å². The van der Waals surface area contributed by atoms with Crippen molar-refractivity contribution in [1.29, 1.82) is 0 Å². The molecule has 2 heterocycles. The Hall–Kier alpha value is -2.74. The van der Waals surface area contributed by atoms with Crippen molar-refractivity contribution in [1.82, 2.24) is 14.3 Å². The second-order valence-electron chi connectivity index (χ2n) is 4.52. The molecule has 0 bridgehead atoms. The molecular formula is C13H14N4O4. The minimum Gasteiger partial charge on any atom is -0.480 e. The Morgan fingerprint density at radius 2 is 2.10 bits per heavy atom. The Bertz CT molecular complexity index is 724. The standard InChI is InChI=1S/C13H14N4O4/c14-10(18)7-16(8-13(20)21)6-9-5-12(19)17-4-2-1-3-11(17)15-9/h1-5H,6-8H2,(H2,14,18)(H,20,21). The van der Waals surface area contributed by atoms with Crippen LogP contribution < -0.4 is 11.3 Å². The summed E-state index contributed by atoms with van der Waals surface area (Å²) in [6.07, 6.45) is 1.59. The number of carboxylic acid groups (broad SMARTS) is 1. The van der Waals surface area contributed by atoms with Gasteiger partial charge in [0.25, 0.3) is 5.56 Å². The van der Waals surface area contributed by atoms with Crippen LogP contribution in [0.3, 0.4) is 0 Å². The molecule has 0 aromatic carbocycles. The van der Waals surface area contributed by atoms with Crippen molar-refractivity contribution < 1.29 is 14.7 Å². The van der Waals surface area contributed by atoms with Crippen molar-refractivity contribution in [3.63, 3.8) is 0 Å². The van der Waals surface area contributed by atoms with Crippen LogP contribution in [0.1, 0.15) is 5.69 Å². The fourth-order valence-corrected chi connectivity index (χ4v) is 1.99. The van der Waals surface area contributed by atoms with Crippen LogP contribution in [0.15, 0.2) is 35.3 Å². The highest BCUT2D eigenvalue weighted by molar-refractivity contribution is 5.77. The zero-order valence-corrected chi connectivity index (χ0v) is 11.1. The summed E-state index contributed by atoms with van der Waals surface area (Å²) in [5.74, 6) is -1.73. The lowest BCUT2D eigenvalue weighted by Gasteiger charge is -2.17. The summed E-state index contributed by atoms with van der Waals surface area (Å²) in [5, 5.41) is 8.82. The second-order valence-corrected chi connectivity index (χ2v) is 4.52. The Kier molecular flexibility index (Phi) is 4.29. The molecule has 110 valence electrons. The number of nitrogens with two attached hydrogens (primary N) is 1. The molecule has 8 heteroatoms. The van der Waals surface area contributed by atoms with E-state index in [9.17, 15) is 14.4 Å². The lowest BCUT2D eigenvalue weighted by atomic mass is 10.3. The summed E-state index contributed by atoms with van der Waals surface area (Å²) in [6.45, 7) is -0.531. The minimum absolute atomic E-state index is 0.0515. The number of aromatic nitrogens is 2. The molecule has 0 saturated heterocycles. The first-order valence-corrected chi connectivity index (χ1v) is 6.15. The van der Waals surface area contributed by atoms with E-state index in [4.69, 9.17) is 10.8 Å². The molecular weight excluding hydrogens is 276 g/mol. The Morgan fingerprint density at radius 3 is 2.76 bits per heavy atom. The average molecular weight is 290 g/mol. The third kappa shape index (κ3) is 3.86. The lowest BCUT2D eigenvalue weighted by molar-refractivity contribution is -0.138. The van der Waals surface area contributed by atoms with Gasteiger partial charge in [0.15, 0.2) is 0 Å². The highest BCUT2D eigenvalue weighted by Gasteiger charge is 2.14. The van der Waals surface area contributed by atoms with E-state index in [2.05, 4.69) is 4.98 Å². The van der Waals surface area contributed by atoms with E-state index in [-0.39, 0.29) is 25.2 Å². The number of carbonyl (C=O) groups is 2. The number of hydrogen-bond acceptors (Lipinski definition) is 5. The highest BCUT2D eigenvalue weighted by Crippen LogP contribution is 2.02. The summed E-state index contributed by atoms with van der Waals surface area (Å²) in [4.78, 5) is 39.2. The molecule has 8 nitrogen and oxygen atoms in total. The summed E-state index contributed by atoms with van der Waals surface area (Å²) in [6, 6.07) is 6.42. The maximum atomic E-state index is 11.9. The molecule has 0 aliphatic heterocycles. The molecule has 1 amide bonds. The first kappa shape index (κ1) is 14.7. The van der Waals surface area contributed by atoms with Crippen molar-refractivity contribution >= 4 is 17.5 Å². The second kappa shape index (κ2) is 6.14. The van der Waals surface area contributed by atoms with E-state index < -0.39 is 11.9 Å². The van der Waals surface area contributed by atoms with Gasteiger partial charge in [0.05, 0.1) is 18.8 Å². The quantitative estimate of drug-likeness (QED) is 0.709. The molecule has 2 aromatic rings. The third-order valence-electron chi connectivity index (χ3n) is 2.75. The third-order valence-corrected chi connectivity index (χ3v) is 2.75. The Labute approximate surface area is 119 Å². The number of hydrogen-bond donors (Lipinski definition) is 2. The molecule has 0 fully saturated rings. The molecule has 2 rings (SSSR count). The first-order valence-electron chi connectivity index (χ1n) is 6.15. The van der Waals surface area contributed by atoms with Crippen LogP contribution in [0.5, 0.6) is 0 Å². The van der Waals surface area contributed by atoms with Crippen LogP contribution in [0.25, 0.3) is 5.65 Å². The number of amides is 1. The van der Waals surface area contributed by atoms with Crippen molar-refractivity contribution in [3.8, 4) is 0 Å². The number of aliphatic carboxylic acids is 1. The molecule has 2 aromatic heterocycles. The fourth-order valence-electron chi connectivity index (χ4n) is 1.99. The predicted molar refractivity (Wildman–Crippen MR) is 73.6 cm³/mol. The van der Waals surface area contributed by atoms with Crippen LogP contribution in [-0.4, -0.2) is 44.4 Å². The van der Waals surface area contributed by atoms with Gasteiger partial charge >= 0.3 is 5.97 Å². The molecule has 0 radical (unpaired) electrons. The van der Waals surface area contributed by atoms with Crippen LogP contribution in [0.2, 0.25) is 0 Å². The first-order chi connectivity index (χ1) is 9.95. The van der Waals surface area contributed by atoms with Gasteiger partial charge < -0.3 is 10.8 Å². The Morgan fingerprint density at radius 1 is 1.33 bits per heavy atom.